The lowest BCUT2D eigenvalue weighted by molar-refractivity contribution is 0.610. The molecule has 0 heterocycles. The van der Waals surface area contributed by atoms with E-state index in [1.54, 1.807) is 25.1 Å². The van der Waals surface area contributed by atoms with E-state index in [2.05, 4.69) is 12.2 Å². The normalized spacial score (nSPS) is 12.2. The molecular formula is C18H21F2N. The van der Waals surface area contributed by atoms with Crippen molar-refractivity contribution in [2.75, 3.05) is 5.32 Å². The van der Waals surface area contributed by atoms with Crippen molar-refractivity contribution in [2.45, 2.75) is 39.2 Å². The summed E-state index contributed by atoms with van der Waals surface area (Å²) in [5, 5.41) is 3.40. The molecule has 1 nitrogen and oxygen atoms in total. The fourth-order valence-corrected chi connectivity index (χ4v) is 2.38. The van der Waals surface area contributed by atoms with Gasteiger partial charge in [0.25, 0.3) is 0 Å². The molecule has 0 spiro atoms. The van der Waals surface area contributed by atoms with Gasteiger partial charge in [-0.3, -0.25) is 0 Å². The van der Waals surface area contributed by atoms with Gasteiger partial charge in [-0.15, -0.1) is 0 Å². The first-order chi connectivity index (χ1) is 10.1. The van der Waals surface area contributed by atoms with Crippen molar-refractivity contribution < 1.29 is 8.78 Å². The number of halogens is 2. The van der Waals surface area contributed by atoms with E-state index in [-0.39, 0.29) is 17.7 Å². The highest BCUT2D eigenvalue weighted by molar-refractivity contribution is 5.52. The fourth-order valence-electron chi connectivity index (χ4n) is 2.38. The zero-order chi connectivity index (χ0) is 15.2. The van der Waals surface area contributed by atoms with E-state index < -0.39 is 0 Å². The van der Waals surface area contributed by atoms with Gasteiger partial charge >= 0.3 is 0 Å². The number of nitrogens with one attached hydrogen (secondary N) is 1. The second-order valence-corrected chi connectivity index (χ2v) is 5.30. The van der Waals surface area contributed by atoms with E-state index in [0.29, 0.717) is 5.56 Å². The van der Waals surface area contributed by atoms with Crippen molar-refractivity contribution in [1.29, 1.82) is 0 Å². The first kappa shape index (κ1) is 15.5. The average molecular weight is 289 g/mol. The minimum absolute atomic E-state index is 0.0612. The number of rotatable bonds is 6. The molecule has 1 atom stereocenters. The van der Waals surface area contributed by atoms with E-state index in [1.807, 2.05) is 6.07 Å². The summed E-state index contributed by atoms with van der Waals surface area (Å²) in [6, 6.07) is 11.6. The van der Waals surface area contributed by atoms with Crippen molar-refractivity contribution in [3.8, 4) is 0 Å². The first-order valence-corrected chi connectivity index (χ1v) is 7.39. The summed E-state index contributed by atoms with van der Waals surface area (Å²) < 4.78 is 26.7. The molecule has 0 saturated heterocycles. The highest BCUT2D eigenvalue weighted by atomic mass is 19.1. The number of unbranched alkanes of at least 4 members (excludes halogenated alkanes) is 1. The Morgan fingerprint density at radius 3 is 2.43 bits per heavy atom. The van der Waals surface area contributed by atoms with Crippen molar-refractivity contribution in [3.63, 3.8) is 0 Å². The molecule has 0 amide bonds. The molecule has 1 N–H and O–H groups in total. The summed E-state index contributed by atoms with van der Waals surface area (Å²) in [6.07, 6.45) is 3.07. The summed E-state index contributed by atoms with van der Waals surface area (Å²) >= 11 is 0. The molecular weight excluding hydrogens is 268 g/mol. The van der Waals surface area contributed by atoms with Gasteiger partial charge < -0.3 is 5.32 Å². The number of hydrogen-bond acceptors (Lipinski definition) is 1. The zero-order valence-electron chi connectivity index (χ0n) is 12.5. The predicted octanol–water partition coefficient (Wildman–Crippen LogP) is 5.62. The maximum Gasteiger partial charge on any atom is 0.128 e. The van der Waals surface area contributed by atoms with Crippen molar-refractivity contribution in [3.05, 3.63) is 65.2 Å². The summed E-state index contributed by atoms with van der Waals surface area (Å²) in [6.45, 7) is 3.90. The maximum absolute atomic E-state index is 13.6. The Bertz CT molecular complexity index is 578. The molecule has 0 saturated carbocycles. The molecule has 0 aliphatic carbocycles. The van der Waals surface area contributed by atoms with Crippen LogP contribution in [0.15, 0.2) is 42.5 Å². The van der Waals surface area contributed by atoms with Crippen molar-refractivity contribution in [2.24, 2.45) is 0 Å². The smallest absolute Gasteiger partial charge is 0.128 e. The van der Waals surface area contributed by atoms with Crippen LogP contribution in [0.25, 0.3) is 0 Å². The summed E-state index contributed by atoms with van der Waals surface area (Å²) in [7, 11) is 0. The topological polar surface area (TPSA) is 12.0 Å². The Morgan fingerprint density at radius 1 is 1.05 bits per heavy atom. The Balaban J connectivity index is 2.23. The van der Waals surface area contributed by atoms with Gasteiger partial charge in [0.2, 0.25) is 0 Å². The zero-order valence-corrected chi connectivity index (χ0v) is 12.5. The quantitative estimate of drug-likeness (QED) is 0.728. The van der Waals surface area contributed by atoms with Crippen LogP contribution in [0, 0.1) is 18.6 Å². The average Bonchev–Trinajstić information content (AvgIpc) is 2.49. The minimum atomic E-state index is -0.241. The molecule has 2 rings (SSSR count). The van der Waals surface area contributed by atoms with Crippen LogP contribution in [-0.4, -0.2) is 0 Å². The van der Waals surface area contributed by atoms with Crippen LogP contribution in [0.2, 0.25) is 0 Å². The molecule has 0 aliphatic rings. The molecule has 1 unspecified atom stereocenters. The fraction of sp³-hybridized carbons (Fsp3) is 0.333. The van der Waals surface area contributed by atoms with Gasteiger partial charge in [-0.25, -0.2) is 8.78 Å². The third-order valence-corrected chi connectivity index (χ3v) is 3.72. The van der Waals surface area contributed by atoms with Crippen molar-refractivity contribution in [1.82, 2.24) is 0 Å². The van der Waals surface area contributed by atoms with Crippen LogP contribution in [0.5, 0.6) is 0 Å². The molecule has 3 heteroatoms. The largest absolute Gasteiger partial charge is 0.378 e. The van der Waals surface area contributed by atoms with Gasteiger partial charge in [-0.1, -0.05) is 38.0 Å². The lowest BCUT2D eigenvalue weighted by atomic mass is 10.00. The molecule has 21 heavy (non-hydrogen) atoms. The molecule has 0 aromatic heterocycles. The van der Waals surface area contributed by atoms with Gasteiger partial charge in [0.05, 0.1) is 6.04 Å². The predicted molar refractivity (Wildman–Crippen MR) is 83.4 cm³/mol. The van der Waals surface area contributed by atoms with Gasteiger partial charge in [-0.2, -0.15) is 0 Å². The molecule has 2 aromatic carbocycles. The highest BCUT2D eigenvalue weighted by Crippen LogP contribution is 2.27. The number of hydrogen-bond donors (Lipinski definition) is 1. The minimum Gasteiger partial charge on any atom is -0.378 e. The summed E-state index contributed by atoms with van der Waals surface area (Å²) in [5.41, 5.74) is 2.43. The first-order valence-electron chi connectivity index (χ1n) is 7.39. The van der Waals surface area contributed by atoms with Crippen molar-refractivity contribution >= 4 is 5.69 Å². The van der Waals surface area contributed by atoms with E-state index in [9.17, 15) is 8.78 Å². The maximum atomic E-state index is 13.6. The van der Waals surface area contributed by atoms with E-state index in [0.717, 1.165) is 30.5 Å². The SMILES string of the molecule is CCCCC(Nc1cccc(F)c1C)c1ccc(F)cc1. The molecule has 0 bridgehead atoms. The highest BCUT2D eigenvalue weighted by Gasteiger charge is 2.13. The molecule has 0 radical (unpaired) electrons. The third kappa shape index (κ3) is 4.03. The second-order valence-electron chi connectivity index (χ2n) is 5.30. The molecule has 112 valence electrons. The van der Waals surface area contributed by atoms with Crippen LogP contribution in [0.4, 0.5) is 14.5 Å². The summed E-state index contributed by atoms with van der Waals surface area (Å²) in [4.78, 5) is 0. The molecule has 2 aromatic rings. The van der Waals surface area contributed by atoms with Gasteiger partial charge in [-0.05, 0) is 43.2 Å². The van der Waals surface area contributed by atoms with Crippen LogP contribution < -0.4 is 5.32 Å². The standard InChI is InChI=1S/C18H21F2N/c1-3-4-7-18(14-9-11-15(19)12-10-14)21-17-8-5-6-16(20)13(17)2/h5-6,8-12,18,21H,3-4,7H2,1-2H3. The molecule has 0 fully saturated rings. The monoisotopic (exact) mass is 289 g/mol. The Morgan fingerprint density at radius 2 is 1.76 bits per heavy atom. The van der Waals surface area contributed by atoms with E-state index in [1.165, 1.54) is 18.2 Å². The Hall–Kier alpha value is -1.90. The van der Waals surface area contributed by atoms with Crippen LogP contribution >= 0.6 is 0 Å². The number of benzene rings is 2. The lowest BCUT2D eigenvalue weighted by Gasteiger charge is -2.22. The van der Waals surface area contributed by atoms with Gasteiger partial charge in [0.1, 0.15) is 11.6 Å². The molecule has 0 aliphatic heterocycles. The van der Waals surface area contributed by atoms with Crippen LogP contribution in [0.3, 0.4) is 0 Å². The van der Waals surface area contributed by atoms with E-state index >= 15 is 0 Å². The van der Waals surface area contributed by atoms with Crippen LogP contribution in [0.1, 0.15) is 43.4 Å². The second kappa shape index (κ2) is 7.21. The Kier molecular flexibility index (Phi) is 5.32. The lowest BCUT2D eigenvalue weighted by Crippen LogP contribution is -2.12. The van der Waals surface area contributed by atoms with E-state index in [4.69, 9.17) is 0 Å². The van der Waals surface area contributed by atoms with Gasteiger partial charge in [0.15, 0.2) is 0 Å². The summed E-state index contributed by atoms with van der Waals surface area (Å²) in [5.74, 6) is -0.455. The Labute approximate surface area is 125 Å². The third-order valence-electron chi connectivity index (χ3n) is 3.72. The van der Waals surface area contributed by atoms with Crippen LogP contribution in [-0.2, 0) is 0 Å². The van der Waals surface area contributed by atoms with Gasteiger partial charge in [0, 0.05) is 11.3 Å². The number of anilines is 1.